The monoisotopic (exact) mass is 236 g/mol. The summed E-state index contributed by atoms with van der Waals surface area (Å²) in [6, 6.07) is 0. The minimum atomic E-state index is -0.844. The van der Waals surface area contributed by atoms with Crippen LogP contribution in [0, 0.1) is 29.6 Å². The molecule has 0 aromatic rings. The molecule has 17 heavy (non-hydrogen) atoms. The van der Waals surface area contributed by atoms with Crippen LogP contribution >= 0.6 is 0 Å². The molecule has 0 aromatic carbocycles. The molecule has 3 fully saturated rings. The summed E-state index contributed by atoms with van der Waals surface area (Å²) in [7, 11) is 0. The number of allylic oxidation sites excluding steroid dienone is 1. The fourth-order valence-corrected chi connectivity index (χ4v) is 4.00. The van der Waals surface area contributed by atoms with E-state index in [1.165, 1.54) is 0 Å². The first-order valence-electron chi connectivity index (χ1n) is 6.16. The molecule has 2 saturated carbocycles. The van der Waals surface area contributed by atoms with Crippen LogP contribution in [0.2, 0.25) is 0 Å². The van der Waals surface area contributed by atoms with Gasteiger partial charge in [-0.3, -0.25) is 4.79 Å². The van der Waals surface area contributed by atoms with Crippen molar-refractivity contribution in [1.82, 2.24) is 0 Å². The smallest absolute Gasteiger partial charge is 0.330 e. The van der Waals surface area contributed by atoms with E-state index in [0.29, 0.717) is 35.9 Å². The minimum Gasteiger partial charge on any atom is -0.478 e. The Morgan fingerprint density at radius 3 is 2.88 bits per heavy atom. The number of hydrogen-bond acceptors (Lipinski definition) is 3. The van der Waals surface area contributed by atoms with Gasteiger partial charge in [0.15, 0.2) is 0 Å². The summed E-state index contributed by atoms with van der Waals surface area (Å²) in [6.07, 6.45) is 3.90. The predicted molar refractivity (Wildman–Crippen MR) is 59.0 cm³/mol. The lowest BCUT2D eigenvalue weighted by atomic mass is 9.75. The Labute approximate surface area is 99.6 Å². The van der Waals surface area contributed by atoms with Crippen molar-refractivity contribution >= 4 is 11.9 Å². The topological polar surface area (TPSA) is 63.6 Å². The van der Waals surface area contributed by atoms with E-state index in [2.05, 4.69) is 0 Å². The van der Waals surface area contributed by atoms with Gasteiger partial charge >= 0.3 is 11.9 Å². The second-order valence-corrected chi connectivity index (χ2v) is 5.53. The molecule has 1 saturated heterocycles. The van der Waals surface area contributed by atoms with E-state index >= 15 is 0 Å². The number of ether oxygens (including phenoxy) is 1. The Morgan fingerprint density at radius 1 is 1.41 bits per heavy atom. The molecule has 5 unspecified atom stereocenters. The zero-order valence-electron chi connectivity index (χ0n) is 9.76. The van der Waals surface area contributed by atoms with Crippen molar-refractivity contribution in [1.29, 1.82) is 0 Å². The van der Waals surface area contributed by atoms with E-state index in [-0.39, 0.29) is 11.9 Å². The van der Waals surface area contributed by atoms with Crippen molar-refractivity contribution in [3.05, 3.63) is 11.6 Å². The average molecular weight is 236 g/mol. The highest BCUT2D eigenvalue weighted by molar-refractivity contribution is 5.85. The molecule has 1 heterocycles. The number of esters is 1. The van der Waals surface area contributed by atoms with Gasteiger partial charge in [-0.15, -0.1) is 0 Å². The summed E-state index contributed by atoms with van der Waals surface area (Å²) in [4.78, 5) is 22.4. The van der Waals surface area contributed by atoms with Gasteiger partial charge in [0.2, 0.25) is 0 Å². The molecule has 4 heteroatoms. The van der Waals surface area contributed by atoms with Crippen molar-refractivity contribution in [2.75, 3.05) is 6.61 Å². The number of aliphatic carboxylic acids is 1. The molecule has 0 spiro atoms. The van der Waals surface area contributed by atoms with Gasteiger partial charge in [0.1, 0.15) is 0 Å². The second-order valence-electron chi connectivity index (χ2n) is 5.53. The summed E-state index contributed by atoms with van der Waals surface area (Å²) < 4.78 is 5.13. The van der Waals surface area contributed by atoms with E-state index in [1.807, 2.05) is 6.08 Å². The highest BCUT2D eigenvalue weighted by Gasteiger charge is 2.58. The van der Waals surface area contributed by atoms with Crippen molar-refractivity contribution < 1.29 is 19.4 Å². The maximum atomic E-state index is 11.6. The largest absolute Gasteiger partial charge is 0.478 e. The molecule has 1 aliphatic heterocycles. The molecular weight excluding hydrogens is 220 g/mol. The Balaban J connectivity index is 1.80. The lowest BCUT2D eigenvalue weighted by Crippen LogP contribution is -2.28. The number of carboxylic acids is 1. The van der Waals surface area contributed by atoms with Crippen LogP contribution in [0.15, 0.2) is 11.6 Å². The normalized spacial score (nSPS) is 43.7. The molecule has 3 aliphatic rings. The second kappa shape index (κ2) is 3.59. The van der Waals surface area contributed by atoms with Gasteiger partial charge in [0.05, 0.1) is 12.5 Å². The first-order valence-corrected chi connectivity index (χ1v) is 6.16. The first-order chi connectivity index (χ1) is 8.08. The third-order valence-electron chi connectivity index (χ3n) is 4.71. The zero-order valence-corrected chi connectivity index (χ0v) is 9.76. The summed E-state index contributed by atoms with van der Waals surface area (Å²) in [6.45, 7) is 2.18. The van der Waals surface area contributed by atoms with Gasteiger partial charge in [-0.05, 0) is 37.5 Å². The van der Waals surface area contributed by atoms with Crippen LogP contribution in [0.3, 0.4) is 0 Å². The molecule has 92 valence electrons. The standard InChI is InChI=1S/C13H16O4/c1-6(12(14)15)2-7-3-8-4-9(7)10-5-17-13(16)11(8)10/h2,7-11H,3-5H2,1H3,(H,14,15)/b6-2+. The number of fused-ring (bicyclic) bond motifs is 5. The molecular formula is C13H16O4. The Hall–Kier alpha value is -1.32. The van der Waals surface area contributed by atoms with E-state index in [4.69, 9.17) is 9.84 Å². The van der Waals surface area contributed by atoms with Crippen LogP contribution in [-0.2, 0) is 14.3 Å². The van der Waals surface area contributed by atoms with E-state index in [0.717, 1.165) is 12.8 Å². The summed E-state index contributed by atoms with van der Waals surface area (Å²) in [5.74, 6) is 0.766. The molecule has 0 radical (unpaired) electrons. The Bertz CT molecular complexity index is 412. The maximum Gasteiger partial charge on any atom is 0.330 e. The van der Waals surface area contributed by atoms with E-state index in [9.17, 15) is 9.59 Å². The van der Waals surface area contributed by atoms with Crippen molar-refractivity contribution in [3.8, 4) is 0 Å². The van der Waals surface area contributed by atoms with Crippen LogP contribution in [0.25, 0.3) is 0 Å². The molecule has 1 N–H and O–H groups in total. The lowest BCUT2D eigenvalue weighted by Gasteiger charge is -2.26. The maximum absolute atomic E-state index is 11.6. The zero-order chi connectivity index (χ0) is 12.2. The van der Waals surface area contributed by atoms with Crippen LogP contribution in [-0.4, -0.2) is 23.7 Å². The lowest BCUT2D eigenvalue weighted by molar-refractivity contribution is -0.142. The van der Waals surface area contributed by atoms with Gasteiger partial charge in [-0.1, -0.05) is 6.08 Å². The van der Waals surface area contributed by atoms with E-state index in [1.54, 1.807) is 6.92 Å². The highest BCUT2D eigenvalue weighted by Crippen LogP contribution is 2.58. The van der Waals surface area contributed by atoms with Crippen LogP contribution in [0.4, 0.5) is 0 Å². The molecule has 0 aromatic heterocycles. The van der Waals surface area contributed by atoms with Crippen molar-refractivity contribution in [3.63, 3.8) is 0 Å². The summed E-state index contributed by atoms with van der Waals surface area (Å²) in [5.41, 5.74) is 0.421. The Kier molecular flexibility index (Phi) is 2.28. The van der Waals surface area contributed by atoms with Crippen LogP contribution in [0.1, 0.15) is 19.8 Å². The average Bonchev–Trinajstić information content (AvgIpc) is 2.90. The van der Waals surface area contributed by atoms with Crippen molar-refractivity contribution in [2.24, 2.45) is 29.6 Å². The summed E-state index contributed by atoms with van der Waals surface area (Å²) >= 11 is 0. The van der Waals surface area contributed by atoms with Crippen LogP contribution in [0.5, 0.6) is 0 Å². The summed E-state index contributed by atoms with van der Waals surface area (Å²) in [5, 5.41) is 8.89. The fourth-order valence-electron chi connectivity index (χ4n) is 4.00. The number of carbonyl (C=O) groups excluding carboxylic acids is 1. The first kappa shape index (κ1) is 10.8. The third kappa shape index (κ3) is 1.50. The quantitative estimate of drug-likeness (QED) is 0.582. The van der Waals surface area contributed by atoms with Gasteiger partial charge in [0.25, 0.3) is 0 Å². The number of cyclic esters (lactones) is 1. The third-order valence-corrected chi connectivity index (χ3v) is 4.71. The number of rotatable bonds is 2. The Morgan fingerprint density at radius 2 is 2.18 bits per heavy atom. The minimum absolute atomic E-state index is 0.0279. The number of carboxylic acid groups (broad SMARTS) is 1. The van der Waals surface area contributed by atoms with Gasteiger partial charge in [0, 0.05) is 11.5 Å². The molecule has 2 aliphatic carbocycles. The predicted octanol–water partition coefficient (Wildman–Crippen LogP) is 1.46. The molecule has 5 atom stereocenters. The van der Waals surface area contributed by atoms with Crippen LogP contribution < -0.4 is 0 Å². The molecule has 2 bridgehead atoms. The van der Waals surface area contributed by atoms with E-state index < -0.39 is 5.97 Å². The highest BCUT2D eigenvalue weighted by atomic mass is 16.5. The number of hydrogen-bond donors (Lipinski definition) is 1. The fraction of sp³-hybridized carbons (Fsp3) is 0.692. The molecule has 4 nitrogen and oxygen atoms in total. The molecule has 3 rings (SSSR count). The van der Waals surface area contributed by atoms with Gasteiger partial charge in [-0.2, -0.15) is 0 Å². The molecule has 0 amide bonds. The SMILES string of the molecule is C/C(=C\C1CC2CC1C1COC(=O)C21)C(=O)O. The van der Waals surface area contributed by atoms with Gasteiger partial charge < -0.3 is 9.84 Å². The van der Waals surface area contributed by atoms with Gasteiger partial charge in [-0.25, -0.2) is 4.79 Å². The number of carbonyl (C=O) groups is 2. The van der Waals surface area contributed by atoms with Crippen molar-refractivity contribution in [2.45, 2.75) is 19.8 Å².